The summed E-state index contributed by atoms with van der Waals surface area (Å²) in [5, 5.41) is 4.59. The fraction of sp³-hybridized carbons (Fsp3) is 0.111. The van der Waals surface area contributed by atoms with Gasteiger partial charge in [-0.15, -0.1) is 0 Å². The molecule has 4 heteroatoms. The van der Waals surface area contributed by atoms with Gasteiger partial charge in [-0.1, -0.05) is 11.6 Å². The van der Waals surface area contributed by atoms with E-state index in [4.69, 9.17) is 11.6 Å². The zero-order valence-corrected chi connectivity index (χ0v) is 7.86. The molecule has 0 bridgehead atoms. The van der Waals surface area contributed by atoms with Crippen molar-refractivity contribution in [2.75, 3.05) is 0 Å². The van der Waals surface area contributed by atoms with Crippen molar-refractivity contribution >= 4 is 11.6 Å². The second-order valence-electron chi connectivity index (χ2n) is 2.74. The molecule has 3 nitrogen and oxygen atoms in total. The number of rotatable bonds is 1. The van der Waals surface area contributed by atoms with E-state index < -0.39 is 0 Å². The number of hydrogen-bond acceptors (Lipinski definition) is 2. The van der Waals surface area contributed by atoms with Crippen LogP contribution in [0.25, 0.3) is 5.69 Å². The van der Waals surface area contributed by atoms with Gasteiger partial charge < -0.3 is 0 Å². The molecule has 13 heavy (non-hydrogen) atoms. The monoisotopic (exact) mass is 193 g/mol. The minimum absolute atomic E-state index is 0.491. The summed E-state index contributed by atoms with van der Waals surface area (Å²) < 4.78 is 1.75. The molecule has 0 aliphatic heterocycles. The zero-order chi connectivity index (χ0) is 9.26. The molecular weight excluding hydrogens is 186 g/mol. The predicted octanol–water partition coefficient (Wildman–Crippen LogP) is 2.23. The van der Waals surface area contributed by atoms with Crippen molar-refractivity contribution in [1.29, 1.82) is 0 Å². The minimum Gasteiger partial charge on any atom is -0.241 e. The summed E-state index contributed by atoms with van der Waals surface area (Å²) in [5.41, 5.74) is 1.82. The lowest BCUT2D eigenvalue weighted by Gasteiger charge is -2.02. The van der Waals surface area contributed by atoms with Crippen molar-refractivity contribution in [3.63, 3.8) is 0 Å². The minimum atomic E-state index is 0.491. The summed E-state index contributed by atoms with van der Waals surface area (Å²) in [4.78, 5) is 4.07. The first-order valence-electron chi connectivity index (χ1n) is 3.90. The fourth-order valence-electron chi connectivity index (χ4n) is 1.16. The summed E-state index contributed by atoms with van der Waals surface area (Å²) in [6.45, 7) is 1.90. The van der Waals surface area contributed by atoms with E-state index in [0.29, 0.717) is 5.15 Å². The molecule has 2 rings (SSSR count). The Morgan fingerprint density at radius 2 is 2.23 bits per heavy atom. The van der Waals surface area contributed by atoms with Crippen LogP contribution in [0, 0.1) is 6.92 Å². The third-order valence-corrected chi connectivity index (χ3v) is 1.87. The van der Waals surface area contributed by atoms with E-state index in [1.54, 1.807) is 16.9 Å². The number of halogens is 1. The molecule has 0 amide bonds. The number of pyridine rings is 1. The molecule has 66 valence electrons. The normalized spacial score (nSPS) is 10.3. The lowest BCUT2D eigenvalue weighted by Crippen LogP contribution is -1.95. The van der Waals surface area contributed by atoms with Crippen molar-refractivity contribution in [1.82, 2.24) is 14.8 Å². The quantitative estimate of drug-likeness (QED) is 0.651. The van der Waals surface area contributed by atoms with Crippen molar-refractivity contribution < 1.29 is 0 Å². The molecular formula is C9H8ClN3. The third kappa shape index (κ3) is 1.70. The van der Waals surface area contributed by atoms with E-state index >= 15 is 0 Å². The smallest absolute Gasteiger partial charge is 0.131 e. The van der Waals surface area contributed by atoms with Crippen molar-refractivity contribution in [2.24, 2.45) is 0 Å². The van der Waals surface area contributed by atoms with Crippen LogP contribution in [0.1, 0.15) is 5.69 Å². The Bertz CT molecular complexity index is 389. The van der Waals surface area contributed by atoms with Gasteiger partial charge in [0.1, 0.15) is 5.15 Å². The molecule has 0 saturated carbocycles. The Hall–Kier alpha value is -1.35. The lowest BCUT2D eigenvalue weighted by atomic mass is 10.3. The molecule has 0 aliphatic rings. The van der Waals surface area contributed by atoms with Gasteiger partial charge in [0.25, 0.3) is 0 Å². The molecule has 0 fully saturated rings. The fourth-order valence-corrected chi connectivity index (χ4v) is 1.41. The van der Waals surface area contributed by atoms with Crippen LogP contribution in [0.15, 0.2) is 30.6 Å². The second-order valence-corrected chi connectivity index (χ2v) is 3.13. The van der Waals surface area contributed by atoms with E-state index in [9.17, 15) is 0 Å². The van der Waals surface area contributed by atoms with Crippen LogP contribution >= 0.6 is 11.6 Å². The Morgan fingerprint density at radius 1 is 1.38 bits per heavy atom. The molecule has 0 N–H and O–H groups in total. The van der Waals surface area contributed by atoms with Crippen LogP contribution in [0.3, 0.4) is 0 Å². The van der Waals surface area contributed by atoms with E-state index in [1.165, 1.54) is 0 Å². The van der Waals surface area contributed by atoms with Crippen molar-refractivity contribution in [3.05, 3.63) is 41.4 Å². The van der Waals surface area contributed by atoms with E-state index in [-0.39, 0.29) is 0 Å². The molecule has 2 heterocycles. The molecule has 2 aromatic rings. The van der Waals surface area contributed by atoms with Crippen molar-refractivity contribution in [3.8, 4) is 5.69 Å². The number of aryl methyl sites for hydroxylation is 1. The lowest BCUT2D eigenvalue weighted by molar-refractivity contribution is 0.875. The van der Waals surface area contributed by atoms with E-state index in [2.05, 4.69) is 10.1 Å². The van der Waals surface area contributed by atoms with Gasteiger partial charge in [0.05, 0.1) is 5.69 Å². The van der Waals surface area contributed by atoms with Crippen LogP contribution < -0.4 is 0 Å². The highest BCUT2D eigenvalue weighted by atomic mass is 35.5. The van der Waals surface area contributed by atoms with Gasteiger partial charge in [0, 0.05) is 24.2 Å². The Kier molecular flexibility index (Phi) is 2.02. The Labute approximate surface area is 81.0 Å². The van der Waals surface area contributed by atoms with Gasteiger partial charge in [0.15, 0.2) is 0 Å². The van der Waals surface area contributed by atoms with Gasteiger partial charge in [-0.05, 0) is 19.1 Å². The summed E-state index contributed by atoms with van der Waals surface area (Å²) >= 11 is 5.81. The number of nitrogens with zero attached hydrogens (tertiary/aromatic N) is 3. The molecule has 0 aliphatic carbocycles. The van der Waals surface area contributed by atoms with Gasteiger partial charge in [-0.2, -0.15) is 5.10 Å². The molecule has 0 saturated heterocycles. The predicted molar refractivity (Wildman–Crippen MR) is 51.1 cm³/mol. The molecule has 0 unspecified atom stereocenters. The highest BCUT2D eigenvalue weighted by Gasteiger charge is 1.99. The summed E-state index contributed by atoms with van der Waals surface area (Å²) in [6.07, 6.45) is 3.59. The molecule has 0 spiro atoms. The van der Waals surface area contributed by atoms with Crippen LogP contribution in [0.4, 0.5) is 0 Å². The number of hydrogen-bond donors (Lipinski definition) is 0. The first kappa shape index (κ1) is 8.26. The average molecular weight is 194 g/mol. The maximum atomic E-state index is 5.81. The third-order valence-electron chi connectivity index (χ3n) is 1.68. The maximum absolute atomic E-state index is 5.81. The van der Waals surface area contributed by atoms with Gasteiger partial charge in [-0.25, -0.2) is 9.67 Å². The van der Waals surface area contributed by atoms with Crippen molar-refractivity contribution in [2.45, 2.75) is 6.92 Å². The first-order valence-corrected chi connectivity index (χ1v) is 4.28. The highest BCUT2D eigenvalue weighted by Crippen LogP contribution is 2.13. The standard InChI is InChI=1S/C9H8ClN3/c1-7-5-8(6-9(10)12-7)13-4-2-3-11-13/h2-6H,1H3. The molecule has 0 aromatic carbocycles. The van der Waals surface area contributed by atoms with E-state index in [1.807, 2.05) is 25.3 Å². The van der Waals surface area contributed by atoms with Gasteiger partial charge in [0.2, 0.25) is 0 Å². The largest absolute Gasteiger partial charge is 0.241 e. The average Bonchev–Trinajstić information content (AvgIpc) is 2.53. The number of aromatic nitrogens is 3. The van der Waals surface area contributed by atoms with E-state index in [0.717, 1.165) is 11.4 Å². The van der Waals surface area contributed by atoms with Gasteiger partial charge >= 0.3 is 0 Å². The second kappa shape index (κ2) is 3.18. The molecule has 0 atom stereocenters. The summed E-state index contributed by atoms with van der Waals surface area (Å²) in [5.74, 6) is 0. The molecule has 0 radical (unpaired) electrons. The maximum Gasteiger partial charge on any atom is 0.131 e. The topological polar surface area (TPSA) is 30.7 Å². The summed E-state index contributed by atoms with van der Waals surface area (Å²) in [7, 11) is 0. The van der Waals surface area contributed by atoms with Gasteiger partial charge in [-0.3, -0.25) is 0 Å². The van der Waals surface area contributed by atoms with Crippen LogP contribution in [0.5, 0.6) is 0 Å². The molecule has 2 aromatic heterocycles. The van der Waals surface area contributed by atoms with Crippen LogP contribution in [-0.4, -0.2) is 14.8 Å². The highest BCUT2D eigenvalue weighted by molar-refractivity contribution is 6.29. The zero-order valence-electron chi connectivity index (χ0n) is 7.11. The van der Waals surface area contributed by atoms with Crippen LogP contribution in [0.2, 0.25) is 5.15 Å². The SMILES string of the molecule is Cc1cc(-n2cccn2)cc(Cl)n1. The Balaban J connectivity index is 2.53. The first-order chi connectivity index (χ1) is 6.25. The van der Waals surface area contributed by atoms with Crippen LogP contribution in [-0.2, 0) is 0 Å². The Morgan fingerprint density at radius 3 is 2.85 bits per heavy atom. The summed E-state index contributed by atoms with van der Waals surface area (Å²) in [6, 6.07) is 5.57.